The van der Waals surface area contributed by atoms with Gasteiger partial charge in [-0.25, -0.2) is 0 Å². The van der Waals surface area contributed by atoms with Crippen molar-refractivity contribution in [3.63, 3.8) is 0 Å². The molecular weight excluding hydrogens is 893 g/mol. The highest BCUT2D eigenvalue weighted by molar-refractivity contribution is 6.27. The first-order valence-corrected chi connectivity index (χ1v) is 25.8. The van der Waals surface area contributed by atoms with Gasteiger partial charge in [-0.2, -0.15) is 0 Å². The third-order valence-electron chi connectivity index (χ3n) is 15.3. The van der Waals surface area contributed by atoms with Crippen LogP contribution in [0.5, 0.6) is 0 Å². The predicted molar refractivity (Wildman–Crippen MR) is 314 cm³/mol. The van der Waals surface area contributed by atoms with Crippen LogP contribution >= 0.6 is 0 Å². The van der Waals surface area contributed by atoms with E-state index in [2.05, 4.69) is 295 Å². The fourth-order valence-corrected chi connectivity index (χ4v) is 12.0. The van der Waals surface area contributed by atoms with Gasteiger partial charge in [0, 0.05) is 17.1 Å². The molecule has 0 bridgehead atoms. The largest absolute Gasteiger partial charge is 0.333 e. The van der Waals surface area contributed by atoms with Gasteiger partial charge in [-0.15, -0.1) is 0 Å². The van der Waals surface area contributed by atoms with Crippen molar-refractivity contribution in [1.82, 2.24) is 4.57 Å². The molecule has 0 spiro atoms. The summed E-state index contributed by atoms with van der Waals surface area (Å²) in [5.41, 5.74) is 17.9. The van der Waals surface area contributed by atoms with Crippen molar-refractivity contribution in [3.05, 3.63) is 296 Å². The number of hydrogen-bond donors (Lipinski definition) is 0. The van der Waals surface area contributed by atoms with Gasteiger partial charge >= 0.3 is 0 Å². The minimum Gasteiger partial charge on any atom is -0.333 e. The van der Waals surface area contributed by atoms with Gasteiger partial charge in [0.15, 0.2) is 0 Å². The molecular formula is C72H50N2. The number of rotatable bonds is 9. The molecule has 0 radical (unpaired) electrons. The van der Waals surface area contributed by atoms with Crippen molar-refractivity contribution in [2.24, 2.45) is 0 Å². The monoisotopic (exact) mass is 942 g/mol. The fraction of sp³-hybridized carbons (Fsp3) is 0.0278. The summed E-state index contributed by atoms with van der Waals surface area (Å²) in [7, 11) is 0. The summed E-state index contributed by atoms with van der Waals surface area (Å²) in [5.74, 6) is 0. The molecule has 1 aromatic heterocycles. The van der Waals surface area contributed by atoms with Crippen molar-refractivity contribution < 1.29 is 0 Å². The van der Waals surface area contributed by atoms with Crippen molar-refractivity contribution in [2.75, 3.05) is 4.90 Å². The SMILES string of the molecule is C1=C(c2ccccc2)N(c2ccc3c(-c4c(-c5ccccc5)ccc5ccccc45)c4cc(-n5c(-c6ccccc6)ccc5-c5ccccc5)ccc4c(-c4cccc5ccccc45)c3c2)C(c2ccccc2)C1. The van der Waals surface area contributed by atoms with Gasteiger partial charge in [-0.3, -0.25) is 0 Å². The lowest BCUT2D eigenvalue weighted by Gasteiger charge is -2.32. The summed E-state index contributed by atoms with van der Waals surface area (Å²) in [5, 5.41) is 9.68. The molecule has 12 aromatic carbocycles. The highest BCUT2D eigenvalue weighted by atomic mass is 15.2. The highest BCUT2D eigenvalue weighted by Crippen LogP contribution is 2.52. The smallest absolute Gasteiger partial charge is 0.0626 e. The third-order valence-corrected chi connectivity index (χ3v) is 15.3. The molecule has 0 amide bonds. The molecule has 0 N–H and O–H groups in total. The Morgan fingerprint density at radius 2 is 0.797 bits per heavy atom. The molecule has 1 unspecified atom stereocenters. The molecule has 348 valence electrons. The van der Waals surface area contributed by atoms with Crippen molar-refractivity contribution in [2.45, 2.75) is 12.5 Å². The standard InChI is InChI=1S/C72H50N2/c1-6-21-50(22-7-1)60-40-37-51-24-17-19-35-59(51)71(60)72-63-42-39-56(73-66(52-25-8-2-9-26-52)43-44-67(73)53-27-10-3-11-28-53)47-64(63)70(61-36-20-33-49-23-16-18-34-58(49)61)62-41-38-57(48-65(62)72)74-68(54-29-12-4-13-30-54)45-46-69(74)55-31-14-5-15-32-55/h1-43,45-48,67H,44H2. The Hall–Kier alpha value is -9.50. The Balaban J connectivity index is 1.15. The molecule has 0 saturated heterocycles. The molecule has 13 aromatic rings. The van der Waals surface area contributed by atoms with Crippen LogP contribution in [0.3, 0.4) is 0 Å². The zero-order chi connectivity index (χ0) is 49.0. The van der Waals surface area contributed by atoms with Gasteiger partial charge < -0.3 is 9.47 Å². The molecule has 14 rings (SSSR count). The average molecular weight is 943 g/mol. The van der Waals surface area contributed by atoms with Crippen molar-refractivity contribution in [1.29, 1.82) is 0 Å². The first-order chi connectivity index (χ1) is 36.7. The van der Waals surface area contributed by atoms with Gasteiger partial charge in [0.2, 0.25) is 0 Å². The normalized spacial score (nSPS) is 13.5. The molecule has 74 heavy (non-hydrogen) atoms. The number of anilines is 1. The topological polar surface area (TPSA) is 8.17 Å². The van der Waals surface area contributed by atoms with Crippen LogP contribution in [-0.4, -0.2) is 4.57 Å². The summed E-state index contributed by atoms with van der Waals surface area (Å²) in [6.45, 7) is 0. The van der Waals surface area contributed by atoms with Gasteiger partial charge in [0.1, 0.15) is 0 Å². The quantitative estimate of drug-likeness (QED) is 0.131. The van der Waals surface area contributed by atoms with E-state index in [4.69, 9.17) is 0 Å². The zero-order valence-corrected chi connectivity index (χ0v) is 40.8. The first kappa shape index (κ1) is 43.3. The van der Waals surface area contributed by atoms with Crippen LogP contribution in [0.2, 0.25) is 0 Å². The minimum absolute atomic E-state index is 0.120. The zero-order valence-electron chi connectivity index (χ0n) is 40.8. The van der Waals surface area contributed by atoms with Crippen LogP contribution < -0.4 is 4.90 Å². The minimum atomic E-state index is 0.120. The maximum absolute atomic E-state index is 2.60. The Bertz CT molecular complexity index is 4190. The summed E-state index contributed by atoms with van der Waals surface area (Å²) in [6, 6.07) is 103. The Morgan fingerprint density at radius 3 is 1.46 bits per heavy atom. The van der Waals surface area contributed by atoms with Crippen LogP contribution in [0.15, 0.2) is 285 Å². The number of aromatic nitrogens is 1. The lowest BCUT2D eigenvalue weighted by atomic mass is 9.81. The molecule has 0 fully saturated rings. The van der Waals surface area contributed by atoms with Gasteiger partial charge in [-0.1, -0.05) is 249 Å². The molecule has 0 aliphatic carbocycles. The summed E-state index contributed by atoms with van der Waals surface area (Å²) < 4.78 is 2.47. The van der Waals surface area contributed by atoms with E-state index in [0.29, 0.717) is 0 Å². The lowest BCUT2D eigenvalue weighted by Crippen LogP contribution is -2.22. The van der Waals surface area contributed by atoms with E-state index in [9.17, 15) is 0 Å². The molecule has 0 saturated carbocycles. The van der Waals surface area contributed by atoms with Crippen molar-refractivity contribution in [3.8, 4) is 61.6 Å². The van der Waals surface area contributed by atoms with E-state index < -0.39 is 0 Å². The molecule has 1 atom stereocenters. The van der Waals surface area contributed by atoms with Crippen LogP contribution in [-0.2, 0) is 0 Å². The van der Waals surface area contributed by atoms with Crippen molar-refractivity contribution >= 4 is 54.5 Å². The van der Waals surface area contributed by atoms with Gasteiger partial charge in [0.05, 0.1) is 17.4 Å². The summed E-state index contributed by atoms with van der Waals surface area (Å²) >= 11 is 0. The Kier molecular flexibility index (Phi) is 10.7. The lowest BCUT2D eigenvalue weighted by molar-refractivity contribution is 0.749. The second kappa shape index (κ2) is 18.3. The molecule has 2 nitrogen and oxygen atoms in total. The molecule has 2 heterocycles. The van der Waals surface area contributed by atoms with E-state index in [-0.39, 0.29) is 6.04 Å². The van der Waals surface area contributed by atoms with Crippen LogP contribution in [0.1, 0.15) is 23.6 Å². The number of nitrogens with zero attached hydrogens (tertiary/aromatic N) is 2. The van der Waals surface area contributed by atoms with Gasteiger partial charge in [0.25, 0.3) is 0 Å². The Labute approximate surface area is 432 Å². The second-order valence-electron chi connectivity index (χ2n) is 19.5. The van der Waals surface area contributed by atoms with Gasteiger partial charge in [-0.05, 0) is 142 Å². The van der Waals surface area contributed by atoms with E-state index >= 15 is 0 Å². The van der Waals surface area contributed by atoms with Crippen LogP contribution in [0.25, 0.3) is 110 Å². The van der Waals surface area contributed by atoms with Crippen LogP contribution in [0, 0.1) is 0 Å². The Morgan fingerprint density at radius 1 is 0.297 bits per heavy atom. The summed E-state index contributed by atoms with van der Waals surface area (Å²) in [6.07, 6.45) is 3.34. The maximum Gasteiger partial charge on any atom is 0.0626 e. The molecule has 1 aliphatic rings. The number of hydrogen-bond acceptors (Lipinski definition) is 1. The number of fused-ring (bicyclic) bond motifs is 4. The van der Waals surface area contributed by atoms with E-state index in [0.717, 1.165) is 40.3 Å². The first-order valence-electron chi connectivity index (χ1n) is 25.8. The van der Waals surface area contributed by atoms with E-state index in [1.807, 2.05) is 0 Å². The average Bonchev–Trinajstić information content (AvgIpc) is 4.14. The third kappa shape index (κ3) is 7.34. The highest BCUT2D eigenvalue weighted by Gasteiger charge is 2.31. The number of benzene rings is 12. The second-order valence-corrected chi connectivity index (χ2v) is 19.5. The van der Waals surface area contributed by atoms with E-state index in [1.54, 1.807) is 0 Å². The molecule has 2 heteroatoms. The fourth-order valence-electron chi connectivity index (χ4n) is 12.0. The molecule has 1 aliphatic heterocycles. The predicted octanol–water partition coefficient (Wildman–Crippen LogP) is 19.4. The van der Waals surface area contributed by atoms with Crippen LogP contribution in [0.4, 0.5) is 5.69 Å². The van der Waals surface area contributed by atoms with E-state index in [1.165, 1.54) is 93.3 Å². The maximum atomic E-state index is 2.60. The summed E-state index contributed by atoms with van der Waals surface area (Å²) in [4.78, 5) is 2.60.